The topological polar surface area (TPSA) is 97.5 Å². The summed E-state index contributed by atoms with van der Waals surface area (Å²) in [7, 11) is 1.58. The maximum absolute atomic E-state index is 12.9. The van der Waals surface area contributed by atoms with Gasteiger partial charge in [-0.2, -0.15) is 0 Å². The van der Waals surface area contributed by atoms with Gasteiger partial charge < -0.3 is 20.7 Å². The number of para-hydroxylation sites is 1. The maximum Gasteiger partial charge on any atom is 0.246 e. The van der Waals surface area contributed by atoms with Crippen molar-refractivity contribution in [2.45, 2.75) is 20.5 Å². The van der Waals surface area contributed by atoms with E-state index in [2.05, 4.69) is 10.3 Å². The van der Waals surface area contributed by atoms with Gasteiger partial charge in [-0.05, 0) is 67.4 Å². The summed E-state index contributed by atoms with van der Waals surface area (Å²) < 4.78 is 6.07. The molecule has 0 aliphatic rings. The second-order valence-corrected chi connectivity index (χ2v) is 9.83. The van der Waals surface area contributed by atoms with E-state index in [1.807, 2.05) is 56.3 Å². The number of nitrogen functional groups attached to an aromatic ring is 1. The number of fused-ring (bicyclic) bond motifs is 1. The van der Waals surface area contributed by atoms with Crippen LogP contribution in [0.1, 0.15) is 22.4 Å². The van der Waals surface area contributed by atoms with Crippen molar-refractivity contribution in [2.75, 3.05) is 24.2 Å². The number of hydrogen-bond donors (Lipinski definition) is 2. The number of likely N-dealkylation sites (N-methyl/N-ethyl adjacent to an activating group) is 1. The highest BCUT2D eigenvalue weighted by molar-refractivity contribution is 6.38. The molecule has 2 amide bonds. The number of amides is 2. The molecule has 1 aromatic heterocycles. The monoisotopic (exact) mass is 562 g/mol. The first-order valence-corrected chi connectivity index (χ1v) is 12.9. The maximum atomic E-state index is 12.9. The Balaban J connectivity index is 1.42. The number of hydrogen-bond acceptors (Lipinski definition) is 5. The molecule has 0 atom stereocenters. The van der Waals surface area contributed by atoms with Crippen LogP contribution in [0.2, 0.25) is 10.0 Å². The van der Waals surface area contributed by atoms with Crippen LogP contribution in [0.15, 0.2) is 66.7 Å². The molecule has 3 aromatic carbocycles. The highest BCUT2D eigenvalue weighted by Crippen LogP contribution is 2.35. The van der Waals surface area contributed by atoms with Gasteiger partial charge in [0.05, 0.1) is 17.3 Å². The summed E-state index contributed by atoms with van der Waals surface area (Å²) in [4.78, 5) is 31.1. The minimum Gasteiger partial charge on any atom is -0.487 e. The molecule has 0 fully saturated rings. The third-order valence-corrected chi connectivity index (χ3v) is 7.01. The second kappa shape index (κ2) is 12.2. The van der Waals surface area contributed by atoms with Crippen molar-refractivity contribution >= 4 is 63.4 Å². The number of nitrogens with zero attached hydrogens (tertiary/aromatic N) is 2. The normalized spacial score (nSPS) is 11.1. The van der Waals surface area contributed by atoms with Gasteiger partial charge >= 0.3 is 0 Å². The lowest BCUT2D eigenvalue weighted by Crippen LogP contribution is -2.37. The number of rotatable bonds is 8. The van der Waals surface area contributed by atoms with Crippen LogP contribution < -0.4 is 20.7 Å². The summed E-state index contributed by atoms with van der Waals surface area (Å²) in [5.41, 5.74) is 10.9. The molecule has 0 saturated carbocycles. The molecule has 0 spiro atoms. The summed E-state index contributed by atoms with van der Waals surface area (Å²) >= 11 is 13.1. The van der Waals surface area contributed by atoms with Gasteiger partial charge in [-0.1, -0.05) is 47.5 Å². The Kier molecular flexibility index (Phi) is 8.74. The Morgan fingerprint density at radius 2 is 1.87 bits per heavy atom. The fourth-order valence-corrected chi connectivity index (χ4v) is 4.52. The first-order chi connectivity index (χ1) is 18.6. The van der Waals surface area contributed by atoms with Gasteiger partial charge in [-0.25, -0.2) is 4.98 Å². The van der Waals surface area contributed by atoms with Gasteiger partial charge in [-0.15, -0.1) is 0 Å². The number of nitrogens with one attached hydrogen (secondary N) is 1. The number of halogens is 2. The number of benzene rings is 3. The van der Waals surface area contributed by atoms with Crippen molar-refractivity contribution < 1.29 is 14.3 Å². The fourth-order valence-electron chi connectivity index (χ4n) is 3.91. The zero-order valence-corrected chi connectivity index (χ0v) is 23.3. The Morgan fingerprint density at radius 3 is 2.64 bits per heavy atom. The summed E-state index contributed by atoms with van der Waals surface area (Å²) in [5.74, 6) is -0.158. The average molecular weight is 563 g/mol. The highest BCUT2D eigenvalue weighted by Gasteiger charge is 2.19. The molecule has 39 heavy (non-hydrogen) atoms. The number of pyridine rings is 1. The third kappa shape index (κ3) is 6.69. The molecule has 0 bridgehead atoms. The Morgan fingerprint density at radius 1 is 1.08 bits per heavy atom. The second-order valence-electron chi connectivity index (χ2n) is 9.05. The molecule has 200 valence electrons. The molecule has 0 radical (unpaired) electrons. The van der Waals surface area contributed by atoms with E-state index in [0.717, 1.165) is 27.7 Å². The van der Waals surface area contributed by atoms with Crippen LogP contribution in [0.4, 0.5) is 11.4 Å². The quantitative estimate of drug-likeness (QED) is 0.199. The number of aryl methyl sites for hydroxylation is 2. The fraction of sp³-hybridized carbons (Fsp3) is 0.167. The molecular formula is C30H28Cl2N4O3. The molecule has 0 unspecified atom stereocenters. The standard InChI is InChI=1S/C30H28Cl2N4O3/c1-18-15-20(8-12-24(18)33)9-14-27(37)34-16-28(38)36(3)25-13-11-23(31)22(29(25)32)17-39-26-6-4-5-21-10-7-19(2)35-30(21)26/h4-15H,16-17,33H2,1-3H3,(H,34,37)/b14-9+. The number of nitrogens with two attached hydrogens (primary N) is 1. The van der Waals surface area contributed by atoms with Crippen LogP contribution in [-0.2, 0) is 16.2 Å². The van der Waals surface area contributed by atoms with Crippen LogP contribution in [0.3, 0.4) is 0 Å². The Bertz CT molecular complexity index is 1590. The first-order valence-electron chi connectivity index (χ1n) is 12.2. The first kappa shape index (κ1) is 28.0. The van der Waals surface area contributed by atoms with Crippen molar-refractivity contribution in [2.24, 2.45) is 0 Å². The van der Waals surface area contributed by atoms with Crippen molar-refractivity contribution in [3.8, 4) is 5.75 Å². The third-order valence-electron chi connectivity index (χ3n) is 6.23. The van der Waals surface area contributed by atoms with Gasteiger partial charge in [0.25, 0.3) is 0 Å². The predicted octanol–water partition coefficient (Wildman–Crippen LogP) is 6.11. The Hall–Kier alpha value is -4.07. The smallest absolute Gasteiger partial charge is 0.246 e. The largest absolute Gasteiger partial charge is 0.487 e. The van der Waals surface area contributed by atoms with Crippen LogP contribution in [0.25, 0.3) is 17.0 Å². The van der Waals surface area contributed by atoms with Crippen molar-refractivity contribution in [3.05, 3.63) is 99.2 Å². The Labute approximate surface area is 237 Å². The molecular weight excluding hydrogens is 535 g/mol. The number of aromatic nitrogens is 1. The van der Waals surface area contributed by atoms with Gasteiger partial charge in [-0.3, -0.25) is 9.59 Å². The molecule has 4 aromatic rings. The minimum atomic E-state index is -0.401. The van der Waals surface area contributed by atoms with E-state index >= 15 is 0 Å². The lowest BCUT2D eigenvalue weighted by Gasteiger charge is -2.21. The molecule has 1 heterocycles. The lowest BCUT2D eigenvalue weighted by atomic mass is 10.1. The zero-order valence-electron chi connectivity index (χ0n) is 21.8. The number of ether oxygens (including phenoxy) is 1. The molecule has 7 nitrogen and oxygen atoms in total. The van der Waals surface area contributed by atoms with Crippen molar-refractivity contribution in [1.29, 1.82) is 0 Å². The van der Waals surface area contributed by atoms with Crippen LogP contribution in [-0.4, -0.2) is 30.4 Å². The molecule has 3 N–H and O–H groups in total. The van der Waals surface area contributed by atoms with E-state index in [-0.39, 0.29) is 24.1 Å². The summed E-state index contributed by atoms with van der Waals surface area (Å²) in [6.07, 6.45) is 3.03. The summed E-state index contributed by atoms with van der Waals surface area (Å²) in [6.45, 7) is 3.67. The SMILES string of the molecule is Cc1ccc2cccc(OCc3c(Cl)ccc(N(C)C(=O)CNC(=O)/C=C/c4ccc(N)c(C)c4)c3Cl)c2n1. The van der Waals surface area contributed by atoms with Crippen LogP contribution >= 0.6 is 23.2 Å². The minimum absolute atomic E-state index is 0.0778. The van der Waals surface area contributed by atoms with E-state index in [1.54, 1.807) is 31.3 Å². The average Bonchev–Trinajstić information content (AvgIpc) is 2.92. The number of anilines is 2. The predicted molar refractivity (Wildman–Crippen MR) is 158 cm³/mol. The highest BCUT2D eigenvalue weighted by atomic mass is 35.5. The van der Waals surface area contributed by atoms with Crippen molar-refractivity contribution in [3.63, 3.8) is 0 Å². The van der Waals surface area contributed by atoms with Gasteiger partial charge in [0.1, 0.15) is 17.9 Å². The molecule has 4 rings (SSSR count). The van der Waals surface area contributed by atoms with Gasteiger partial charge in [0.2, 0.25) is 11.8 Å². The molecule has 0 aliphatic carbocycles. The summed E-state index contributed by atoms with van der Waals surface area (Å²) in [6, 6.07) is 18.4. The molecule has 0 saturated heterocycles. The van der Waals surface area contributed by atoms with E-state index in [1.165, 1.54) is 11.0 Å². The molecule has 0 aliphatic heterocycles. The van der Waals surface area contributed by atoms with Crippen LogP contribution in [0, 0.1) is 13.8 Å². The zero-order chi connectivity index (χ0) is 28.1. The lowest BCUT2D eigenvalue weighted by molar-refractivity contribution is -0.122. The van der Waals surface area contributed by atoms with Gasteiger partial charge in [0.15, 0.2) is 0 Å². The van der Waals surface area contributed by atoms with Crippen molar-refractivity contribution in [1.82, 2.24) is 10.3 Å². The van der Waals surface area contributed by atoms with Gasteiger partial charge in [0, 0.05) is 40.5 Å². The summed E-state index contributed by atoms with van der Waals surface area (Å²) in [5, 5.41) is 4.25. The van der Waals surface area contributed by atoms with E-state index in [4.69, 9.17) is 33.7 Å². The number of carbonyl (C=O) groups is 2. The molecule has 9 heteroatoms. The van der Waals surface area contributed by atoms with E-state index in [0.29, 0.717) is 27.7 Å². The van der Waals surface area contributed by atoms with Crippen LogP contribution in [0.5, 0.6) is 5.75 Å². The van der Waals surface area contributed by atoms with E-state index < -0.39 is 5.91 Å². The number of carbonyl (C=O) groups excluding carboxylic acids is 2. The van der Waals surface area contributed by atoms with E-state index in [9.17, 15) is 9.59 Å².